The lowest BCUT2D eigenvalue weighted by molar-refractivity contribution is -0.538. The third-order valence-electron chi connectivity index (χ3n) is 4.15. The Kier molecular flexibility index (Phi) is 5.57. The normalized spacial score (nSPS) is 21.6. The number of aromatic nitrogens is 1. The first-order chi connectivity index (χ1) is 12.9. The molecule has 1 atom stereocenters. The molecule has 1 saturated heterocycles. The Morgan fingerprint density at radius 1 is 1.56 bits per heavy atom. The molecule has 0 aliphatic carbocycles. The first kappa shape index (κ1) is 18.7. The van der Waals surface area contributed by atoms with Crippen LogP contribution in [0, 0.1) is 5.41 Å². The molecular weight excluding hydrogens is 353 g/mol. The number of amides is 1. The summed E-state index contributed by atoms with van der Waals surface area (Å²) in [7, 11) is 2.02. The summed E-state index contributed by atoms with van der Waals surface area (Å²) in [6, 6.07) is 1.66. The topological polar surface area (TPSA) is 133 Å². The highest BCUT2D eigenvalue weighted by atomic mass is 19.1. The van der Waals surface area contributed by atoms with Crippen molar-refractivity contribution in [3.05, 3.63) is 41.9 Å². The van der Waals surface area contributed by atoms with Crippen LogP contribution in [-0.4, -0.2) is 54.1 Å². The molecule has 0 bridgehead atoms. The van der Waals surface area contributed by atoms with E-state index < -0.39 is 17.6 Å². The third kappa shape index (κ3) is 4.54. The van der Waals surface area contributed by atoms with Crippen LogP contribution in [0.25, 0.3) is 0 Å². The van der Waals surface area contributed by atoms with Gasteiger partial charge in [0.1, 0.15) is 29.6 Å². The molecule has 1 aromatic rings. The molecule has 10 heteroatoms. The number of allylic oxidation sites excluding steroid dienone is 1. The molecule has 3 heterocycles. The Morgan fingerprint density at radius 3 is 3.00 bits per heavy atom. The molecule has 0 aromatic carbocycles. The van der Waals surface area contributed by atoms with Gasteiger partial charge < -0.3 is 20.7 Å². The van der Waals surface area contributed by atoms with Crippen LogP contribution in [0.1, 0.15) is 6.42 Å². The SMILES string of the molecule is CN1CCC(Oc2ccncc2NC(=O)C(C(=N)N)=C2N=CC(F)=C[NH2+]2)C1. The molecule has 27 heavy (non-hydrogen) atoms. The van der Waals surface area contributed by atoms with Crippen molar-refractivity contribution in [1.29, 1.82) is 5.41 Å². The number of aliphatic imine (C=N–C) groups is 1. The maximum atomic E-state index is 13.1. The summed E-state index contributed by atoms with van der Waals surface area (Å²) >= 11 is 0. The number of halogens is 1. The first-order valence-electron chi connectivity index (χ1n) is 8.38. The van der Waals surface area contributed by atoms with Gasteiger partial charge in [0.05, 0.1) is 12.4 Å². The maximum absolute atomic E-state index is 13.1. The van der Waals surface area contributed by atoms with Gasteiger partial charge in [-0.05, 0) is 13.5 Å². The third-order valence-corrected chi connectivity index (χ3v) is 4.15. The van der Waals surface area contributed by atoms with Gasteiger partial charge in [0.2, 0.25) is 5.82 Å². The molecule has 1 amide bonds. The van der Waals surface area contributed by atoms with Gasteiger partial charge in [-0.1, -0.05) is 0 Å². The Morgan fingerprint density at radius 2 is 2.37 bits per heavy atom. The summed E-state index contributed by atoms with van der Waals surface area (Å²) in [4.78, 5) is 22.7. The summed E-state index contributed by atoms with van der Waals surface area (Å²) in [5.41, 5.74) is 5.74. The van der Waals surface area contributed by atoms with Crippen molar-refractivity contribution in [3.63, 3.8) is 0 Å². The fourth-order valence-electron chi connectivity index (χ4n) is 2.83. The second-order valence-electron chi connectivity index (χ2n) is 6.27. The van der Waals surface area contributed by atoms with Gasteiger partial charge in [0.25, 0.3) is 5.91 Å². The molecule has 1 aromatic heterocycles. The average molecular weight is 374 g/mol. The van der Waals surface area contributed by atoms with Crippen LogP contribution in [0.2, 0.25) is 0 Å². The van der Waals surface area contributed by atoms with E-state index in [1.807, 2.05) is 7.05 Å². The number of ether oxygens (including phenoxy) is 1. The number of nitrogens with two attached hydrogens (primary N) is 2. The Labute approximate surface area is 155 Å². The van der Waals surface area contributed by atoms with E-state index in [-0.39, 0.29) is 17.5 Å². The summed E-state index contributed by atoms with van der Waals surface area (Å²) in [6.07, 6.45) is 6.04. The monoisotopic (exact) mass is 374 g/mol. The van der Waals surface area contributed by atoms with E-state index in [0.717, 1.165) is 31.9 Å². The molecule has 142 valence electrons. The number of likely N-dealkylation sites (tertiary alicyclic amines) is 1. The Hall–Kier alpha value is -3.11. The van der Waals surface area contributed by atoms with Gasteiger partial charge in [-0.2, -0.15) is 4.39 Å². The lowest BCUT2D eigenvalue weighted by atomic mass is 10.2. The highest BCUT2D eigenvalue weighted by molar-refractivity contribution is 6.23. The quantitative estimate of drug-likeness (QED) is 0.319. The van der Waals surface area contributed by atoms with Crippen molar-refractivity contribution >= 4 is 23.6 Å². The van der Waals surface area contributed by atoms with Crippen molar-refractivity contribution in [2.75, 3.05) is 25.5 Å². The van der Waals surface area contributed by atoms with Crippen LogP contribution in [0.15, 0.2) is 46.9 Å². The Bertz CT molecular complexity index is 849. The van der Waals surface area contributed by atoms with E-state index in [4.69, 9.17) is 15.9 Å². The van der Waals surface area contributed by atoms with Crippen molar-refractivity contribution < 1.29 is 19.2 Å². The maximum Gasteiger partial charge on any atom is 0.267 e. The second-order valence-corrected chi connectivity index (χ2v) is 6.27. The number of carbonyl (C=O) groups is 1. The van der Waals surface area contributed by atoms with Gasteiger partial charge in [-0.3, -0.25) is 20.5 Å². The number of rotatable bonds is 5. The molecular formula is C17H21FN7O2+. The van der Waals surface area contributed by atoms with Crippen molar-refractivity contribution in [1.82, 2.24) is 9.88 Å². The number of nitrogens with one attached hydrogen (secondary N) is 2. The van der Waals surface area contributed by atoms with E-state index in [1.54, 1.807) is 12.3 Å². The van der Waals surface area contributed by atoms with Crippen LogP contribution in [0.4, 0.5) is 10.1 Å². The van der Waals surface area contributed by atoms with Gasteiger partial charge in [-0.15, -0.1) is 0 Å². The number of nitrogens with zero attached hydrogens (tertiary/aromatic N) is 3. The number of amidine groups is 1. The standard InChI is InChI=1S/C17H20FN7O2/c1-25-5-3-11(9-25)27-13-2-4-21-8-12(13)24-17(26)14(15(19)20)16-22-6-10(18)7-23-16/h2,4,6-8,11,22H,3,5,9H2,1H3,(H3,19,20)(H,24,26)/p+1. The fourth-order valence-corrected chi connectivity index (χ4v) is 2.83. The number of anilines is 1. The summed E-state index contributed by atoms with van der Waals surface area (Å²) in [5.74, 6) is -1.09. The molecule has 2 aliphatic rings. The zero-order chi connectivity index (χ0) is 19.4. The molecule has 0 spiro atoms. The van der Waals surface area contributed by atoms with E-state index in [2.05, 4.69) is 20.2 Å². The van der Waals surface area contributed by atoms with Gasteiger partial charge in [0.15, 0.2) is 11.4 Å². The van der Waals surface area contributed by atoms with Crippen LogP contribution >= 0.6 is 0 Å². The van der Waals surface area contributed by atoms with Crippen molar-refractivity contribution in [3.8, 4) is 5.75 Å². The molecule has 9 nitrogen and oxygen atoms in total. The van der Waals surface area contributed by atoms with E-state index in [1.165, 1.54) is 11.5 Å². The smallest absolute Gasteiger partial charge is 0.267 e. The number of hydrogen-bond donors (Lipinski definition) is 4. The van der Waals surface area contributed by atoms with Crippen molar-refractivity contribution in [2.45, 2.75) is 12.5 Å². The van der Waals surface area contributed by atoms with E-state index in [0.29, 0.717) is 11.4 Å². The highest BCUT2D eigenvalue weighted by Crippen LogP contribution is 2.26. The fraction of sp³-hybridized carbons (Fsp3) is 0.294. The lowest BCUT2D eigenvalue weighted by Gasteiger charge is -2.17. The molecule has 1 unspecified atom stereocenters. The number of hydrogen-bond acceptors (Lipinski definition) is 6. The predicted molar refractivity (Wildman–Crippen MR) is 97.9 cm³/mol. The minimum atomic E-state index is -0.650. The zero-order valence-corrected chi connectivity index (χ0v) is 14.8. The molecule has 0 saturated carbocycles. The minimum absolute atomic E-state index is 0.0167. The molecule has 3 rings (SSSR count). The highest BCUT2D eigenvalue weighted by Gasteiger charge is 2.26. The first-order valence-corrected chi connectivity index (χ1v) is 8.38. The number of quaternary nitrogens is 1. The molecule has 0 radical (unpaired) electrons. The van der Waals surface area contributed by atoms with Crippen LogP contribution in [0.5, 0.6) is 5.75 Å². The van der Waals surface area contributed by atoms with Crippen LogP contribution in [-0.2, 0) is 4.79 Å². The Balaban J connectivity index is 1.80. The van der Waals surface area contributed by atoms with Gasteiger partial charge >= 0.3 is 0 Å². The summed E-state index contributed by atoms with van der Waals surface area (Å²) in [5, 5.41) is 11.6. The van der Waals surface area contributed by atoms with E-state index >= 15 is 0 Å². The second kappa shape index (κ2) is 8.06. The number of carbonyl (C=O) groups excluding carboxylic acids is 1. The molecule has 2 aliphatic heterocycles. The average Bonchev–Trinajstić information content (AvgIpc) is 3.03. The summed E-state index contributed by atoms with van der Waals surface area (Å²) < 4.78 is 19.1. The van der Waals surface area contributed by atoms with Gasteiger partial charge in [-0.25, -0.2) is 4.99 Å². The largest absolute Gasteiger partial charge is 0.487 e. The zero-order valence-electron chi connectivity index (χ0n) is 14.8. The van der Waals surface area contributed by atoms with E-state index in [9.17, 15) is 9.18 Å². The lowest BCUT2D eigenvalue weighted by Crippen LogP contribution is -2.77. The summed E-state index contributed by atoms with van der Waals surface area (Å²) in [6.45, 7) is 1.73. The molecule has 1 fully saturated rings. The minimum Gasteiger partial charge on any atom is -0.487 e. The molecule has 6 N–H and O–H groups in total. The van der Waals surface area contributed by atoms with Crippen LogP contribution in [0.3, 0.4) is 0 Å². The predicted octanol–water partition coefficient (Wildman–Crippen LogP) is -0.291. The number of likely N-dealkylation sites (N-methyl/N-ethyl adjacent to an activating group) is 1. The number of pyridine rings is 1. The van der Waals surface area contributed by atoms with Crippen LogP contribution < -0.4 is 21.1 Å². The van der Waals surface area contributed by atoms with Gasteiger partial charge in [0, 0.05) is 25.4 Å². The van der Waals surface area contributed by atoms with Crippen molar-refractivity contribution in [2.24, 2.45) is 10.7 Å².